The Labute approximate surface area is 96.7 Å². The Bertz CT molecular complexity index is 346. The number of thioether (sulfide) groups is 1. The summed E-state index contributed by atoms with van der Waals surface area (Å²) in [7, 11) is 0. The van der Waals surface area contributed by atoms with Crippen LogP contribution in [-0.2, 0) is 0 Å². The van der Waals surface area contributed by atoms with Gasteiger partial charge in [-0.2, -0.15) is 0 Å². The first kappa shape index (κ1) is 10.9. The minimum atomic E-state index is 0.623. The summed E-state index contributed by atoms with van der Waals surface area (Å²) in [5, 5.41) is 4.24. The third-order valence-corrected chi connectivity index (χ3v) is 4.37. The molecule has 0 fully saturated rings. The standard InChI is InChI=1S/C13H19NS/c1-4-11-8-14-12-6-5-10(9(2)3)7-13(12)15-11/h5-7,9,11,14H,4,8H2,1-3H3. The van der Waals surface area contributed by atoms with Gasteiger partial charge in [0, 0.05) is 22.4 Å². The number of anilines is 1. The molecule has 1 aromatic carbocycles. The molecular weight excluding hydrogens is 202 g/mol. The Hall–Kier alpha value is -0.630. The van der Waals surface area contributed by atoms with Gasteiger partial charge in [-0.25, -0.2) is 0 Å². The van der Waals surface area contributed by atoms with Gasteiger partial charge in [-0.05, 0) is 30.0 Å². The van der Waals surface area contributed by atoms with E-state index in [4.69, 9.17) is 0 Å². The first-order chi connectivity index (χ1) is 7.20. The lowest BCUT2D eigenvalue weighted by molar-refractivity contribution is 0.834. The summed E-state index contributed by atoms with van der Waals surface area (Å²) in [6.45, 7) is 7.87. The van der Waals surface area contributed by atoms with Crippen LogP contribution in [0.3, 0.4) is 0 Å². The molecule has 1 unspecified atom stereocenters. The van der Waals surface area contributed by atoms with Crippen LogP contribution in [0.5, 0.6) is 0 Å². The number of rotatable bonds is 2. The molecule has 1 heterocycles. The van der Waals surface area contributed by atoms with Crippen molar-refractivity contribution in [3.05, 3.63) is 23.8 Å². The van der Waals surface area contributed by atoms with E-state index in [1.807, 2.05) is 11.8 Å². The highest BCUT2D eigenvalue weighted by molar-refractivity contribution is 8.00. The molecule has 2 heteroatoms. The van der Waals surface area contributed by atoms with Crippen LogP contribution in [0.2, 0.25) is 0 Å². The van der Waals surface area contributed by atoms with Crippen molar-refractivity contribution in [3.8, 4) is 0 Å². The zero-order valence-electron chi connectivity index (χ0n) is 9.71. The molecule has 1 aliphatic heterocycles. The van der Waals surface area contributed by atoms with Crippen molar-refractivity contribution in [2.75, 3.05) is 11.9 Å². The predicted octanol–water partition coefficient (Wildman–Crippen LogP) is 4.11. The van der Waals surface area contributed by atoms with Crippen molar-refractivity contribution in [1.29, 1.82) is 0 Å². The first-order valence-electron chi connectivity index (χ1n) is 5.75. The molecule has 0 spiro atoms. The average molecular weight is 221 g/mol. The summed E-state index contributed by atoms with van der Waals surface area (Å²) in [4.78, 5) is 1.43. The van der Waals surface area contributed by atoms with Gasteiger partial charge >= 0.3 is 0 Å². The van der Waals surface area contributed by atoms with Crippen LogP contribution < -0.4 is 5.32 Å². The summed E-state index contributed by atoms with van der Waals surface area (Å²) in [6.07, 6.45) is 1.24. The summed E-state index contributed by atoms with van der Waals surface area (Å²) >= 11 is 2.03. The molecule has 0 aromatic heterocycles. The lowest BCUT2D eigenvalue weighted by Crippen LogP contribution is -2.20. The molecule has 0 aliphatic carbocycles. The van der Waals surface area contributed by atoms with E-state index in [1.54, 1.807) is 0 Å². The molecule has 82 valence electrons. The van der Waals surface area contributed by atoms with E-state index in [-0.39, 0.29) is 0 Å². The minimum Gasteiger partial charge on any atom is -0.383 e. The Balaban J connectivity index is 2.26. The Kier molecular flexibility index (Phi) is 3.25. The second-order valence-electron chi connectivity index (χ2n) is 4.44. The van der Waals surface area contributed by atoms with Gasteiger partial charge in [0.2, 0.25) is 0 Å². The summed E-state index contributed by atoms with van der Waals surface area (Å²) < 4.78 is 0. The summed E-state index contributed by atoms with van der Waals surface area (Å²) in [6, 6.07) is 6.81. The molecule has 1 aromatic rings. The lowest BCUT2D eigenvalue weighted by Gasteiger charge is -2.25. The highest BCUT2D eigenvalue weighted by Crippen LogP contribution is 2.37. The molecule has 1 aliphatic rings. The molecule has 1 nitrogen and oxygen atoms in total. The van der Waals surface area contributed by atoms with Gasteiger partial charge in [-0.15, -0.1) is 11.8 Å². The fourth-order valence-electron chi connectivity index (χ4n) is 1.81. The molecule has 0 radical (unpaired) electrons. The van der Waals surface area contributed by atoms with Crippen LogP contribution in [0.1, 0.15) is 38.7 Å². The second kappa shape index (κ2) is 4.48. The lowest BCUT2D eigenvalue weighted by atomic mass is 10.0. The zero-order chi connectivity index (χ0) is 10.8. The van der Waals surface area contributed by atoms with Crippen LogP contribution in [0.15, 0.2) is 23.1 Å². The van der Waals surface area contributed by atoms with Crippen LogP contribution >= 0.6 is 11.8 Å². The van der Waals surface area contributed by atoms with Gasteiger partial charge in [0.25, 0.3) is 0 Å². The molecule has 1 atom stereocenters. The minimum absolute atomic E-state index is 0.623. The van der Waals surface area contributed by atoms with Crippen molar-refractivity contribution in [2.45, 2.75) is 43.3 Å². The Morgan fingerprint density at radius 3 is 2.93 bits per heavy atom. The normalized spacial score (nSPS) is 19.9. The van der Waals surface area contributed by atoms with E-state index in [9.17, 15) is 0 Å². The quantitative estimate of drug-likeness (QED) is 0.806. The number of benzene rings is 1. The van der Waals surface area contributed by atoms with Gasteiger partial charge in [0.05, 0.1) is 0 Å². The predicted molar refractivity (Wildman–Crippen MR) is 69.0 cm³/mol. The van der Waals surface area contributed by atoms with Crippen LogP contribution in [0.4, 0.5) is 5.69 Å². The van der Waals surface area contributed by atoms with Crippen molar-refractivity contribution in [2.24, 2.45) is 0 Å². The molecule has 1 N–H and O–H groups in total. The fraction of sp³-hybridized carbons (Fsp3) is 0.538. The molecule has 0 saturated carbocycles. The third kappa shape index (κ3) is 2.31. The molecular formula is C13H19NS. The van der Waals surface area contributed by atoms with Crippen molar-refractivity contribution in [3.63, 3.8) is 0 Å². The third-order valence-electron chi connectivity index (χ3n) is 2.94. The van der Waals surface area contributed by atoms with Gasteiger partial charge in [-0.3, -0.25) is 0 Å². The number of hydrogen-bond donors (Lipinski definition) is 1. The molecule has 0 saturated heterocycles. The highest BCUT2D eigenvalue weighted by atomic mass is 32.2. The van der Waals surface area contributed by atoms with E-state index < -0.39 is 0 Å². The van der Waals surface area contributed by atoms with Crippen LogP contribution in [-0.4, -0.2) is 11.8 Å². The van der Waals surface area contributed by atoms with Gasteiger partial charge in [0.1, 0.15) is 0 Å². The van der Waals surface area contributed by atoms with Crippen LogP contribution in [0.25, 0.3) is 0 Å². The first-order valence-corrected chi connectivity index (χ1v) is 6.63. The number of nitrogens with one attached hydrogen (secondary N) is 1. The maximum Gasteiger partial charge on any atom is 0.0479 e. The van der Waals surface area contributed by atoms with Gasteiger partial charge in [-0.1, -0.05) is 26.8 Å². The molecule has 0 bridgehead atoms. The highest BCUT2D eigenvalue weighted by Gasteiger charge is 2.17. The van der Waals surface area contributed by atoms with Crippen molar-refractivity contribution in [1.82, 2.24) is 0 Å². The maximum atomic E-state index is 3.51. The van der Waals surface area contributed by atoms with Crippen molar-refractivity contribution < 1.29 is 0 Å². The van der Waals surface area contributed by atoms with E-state index >= 15 is 0 Å². The van der Waals surface area contributed by atoms with Gasteiger partial charge in [0.15, 0.2) is 0 Å². The van der Waals surface area contributed by atoms with Gasteiger partial charge < -0.3 is 5.32 Å². The number of hydrogen-bond acceptors (Lipinski definition) is 2. The number of fused-ring (bicyclic) bond motifs is 1. The van der Waals surface area contributed by atoms with E-state index in [1.165, 1.54) is 22.6 Å². The summed E-state index contributed by atoms with van der Waals surface area (Å²) in [5.41, 5.74) is 2.76. The Morgan fingerprint density at radius 2 is 2.27 bits per heavy atom. The molecule has 2 rings (SSSR count). The van der Waals surface area contributed by atoms with E-state index in [0.717, 1.165) is 11.8 Å². The average Bonchev–Trinajstić information content (AvgIpc) is 2.27. The van der Waals surface area contributed by atoms with E-state index in [2.05, 4.69) is 44.3 Å². The SMILES string of the molecule is CCC1CNc2ccc(C(C)C)cc2S1. The summed E-state index contributed by atoms with van der Waals surface area (Å²) in [5.74, 6) is 0.623. The van der Waals surface area contributed by atoms with Crippen molar-refractivity contribution >= 4 is 17.4 Å². The van der Waals surface area contributed by atoms with E-state index in [0.29, 0.717) is 5.92 Å². The zero-order valence-corrected chi connectivity index (χ0v) is 10.5. The van der Waals surface area contributed by atoms with Crippen LogP contribution in [0, 0.1) is 0 Å². The second-order valence-corrected chi connectivity index (χ2v) is 5.78. The fourth-order valence-corrected chi connectivity index (χ4v) is 2.98. The molecule has 15 heavy (non-hydrogen) atoms. The smallest absolute Gasteiger partial charge is 0.0479 e. The largest absolute Gasteiger partial charge is 0.383 e. The molecule has 0 amide bonds. The Morgan fingerprint density at radius 1 is 1.47 bits per heavy atom. The maximum absolute atomic E-state index is 3.51. The topological polar surface area (TPSA) is 12.0 Å². The monoisotopic (exact) mass is 221 g/mol.